The van der Waals surface area contributed by atoms with E-state index in [0.717, 1.165) is 5.69 Å². The lowest BCUT2D eigenvalue weighted by Crippen LogP contribution is -2.05. The molecule has 6 heteroatoms. The number of aromatic nitrogens is 3. The molecule has 0 atom stereocenters. The predicted molar refractivity (Wildman–Crippen MR) is 65.2 cm³/mol. The van der Waals surface area contributed by atoms with Crippen molar-refractivity contribution >= 4 is 17.4 Å². The van der Waals surface area contributed by atoms with E-state index in [4.69, 9.17) is 16.3 Å². The number of hydrogen-bond acceptors (Lipinski definition) is 5. The Bertz CT molecular complexity index is 492. The zero-order chi connectivity index (χ0) is 12.1. The van der Waals surface area contributed by atoms with E-state index >= 15 is 0 Å². The molecule has 0 aliphatic carbocycles. The van der Waals surface area contributed by atoms with Crippen LogP contribution in [0.4, 0.5) is 5.82 Å². The van der Waals surface area contributed by atoms with Crippen LogP contribution in [0.3, 0.4) is 0 Å². The van der Waals surface area contributed by atoms with Gasteiger partial charge in [0.2, 0.25) is 0 Å². The van der Waals surface area contributed by atoms with Crippen LogP contribution in [0.2, 0.25) is 5.02 Å². The molecule has 1 N–H and O–H groups in total. The molecule has 2 aromatic rings. The quantitative estimate of drug-likeness (QED) is 0.901. The van der Waals surface area contributed by atoms with Crippen molar-refractivity contribution in [1.82, 2.24) is 15.0 Å². The number of methoxy groups -OCH3 is 1. The van der Waals surface area contributed by atoms with Crippen molar-refractivity contribution in [2.24, 2.45) is 0 Å². The van der Waals surface area contributed by atoms with Gasteiger partial charge in [0.25, 0.3) is 0 Å². The van der Waals surface area contributed by atoms with E-state index in [2.05, 4.69) is 20.3 Å². The summed E-state index contributed by atoms with van der Waals surface area (Å²) in [5, 5.41) is 3.52. The number of rotatable bonds is 4. The third-order valence-electron chi connectivity index (χ3n) is 2.07. The van der Waals surface area contributed by atoms with E-state index in [1.54, 1.807) is 6.20 Å². The molecule has 0 saturated heterocycles. The fourth-order valence-electron chi connectivity index (χ4n) is 1.25. The van der Waals surface area contributed by atoms with Crippen molar-refractivity contribution in [3.05, 3.63) is 41.3 Å². The molecule has 0 aromatic carbocycles. The lowest BCUT2D eigenvalue weighted by molar-refractivity contribution is 0.380. The highest BCUT2D eigenvalue weighted by molar-refractivity contribution is 6.32. The van der Waals surface area contributed by atoms with Crippen LogP contribution in [-0.2, 0) is 6.54 Å². The molecule has 2 heterocycles. The first-order valence-corrected chi connectivity index (χ1v) is 5.37. The summed E-state index contributed by atoms with van der Waals surface area (Å²) in [6, 6.07) is 5.98. The summed E-state index contributed by atoms with van der Waals surface area (Å²) in [6.07, 6.45) is 3.23. The van der Waals surface area contributed by atoms with Crippen LogP contribution in [0, 0.1) is 0 Å². The molecule has 88 valence electrons. The number of pyridine rings is 1. The number of nitrogens with one attached hydrogen (secondary N) is 1. The summed E-state index contributed by atoms with van der Waals surface area (Å²) in [5.41, 5.74) is 0.904. The summed E-state index contributed by atoms with van der Waals surface area (Å²) < 4.78 is 4.93. The van der Waals surface area contributed by atoms with Crippen molar-refractivity contribution < 1.29 is 4.74 Å². The van der Waals surface area contributed by atoms with Gasteiger partial charge in [0.1, 0.15) is 5.02 Å². The van der Waals surface area contributed by atoms with E-state index in [0.29, 0.717) is 17.4 Å². The Hall–Kier alpha value is -1.88. The van der Waals surface area contributed by atoms with E-state index < -0.39 is 0 Å². The summed E-state index contributed by atoms with van der Waals surface area (Å²) in [7, 11) is 1.51. The average molecular weight is 251 g/mol. The van der Waals surface area contributed by atoms with Gasteiger partial charge in [0.15, 0.2) is 5.82 Å². The molecule has 0 saturated carbocycles. The Morgan fingerprint density at radius 2 is 2.24 bits per heavy atom. The van der Waals surface area contributed by atoms with Crippen LogP contribution in [0.1, 0.15) is 5.69 Å². The van der Waals surface area contributed by atoms with Gasteiger partial charge in [0.05, 0.1) is 25.5 Å². The average Bonchev–Trinajstić information content (AvgIpc) is 2.39. The molecule has 0 aliphatic rings. The van der Waals surface area contributed by atoms with E-state index in [9.17, 15) is 0 Å². The Kier molecular flexibility index (Phi) is 3.72. The second-order valence-electron chi connectivity index (χ2n) is 3.23. The number of nitrogens with zero attached hydrogens (tertiary/aromatic N) is 3. The van der Waals surface area contributed by atoms with Gasteiger partial charge in [-0.05, 0) is 12.1 Å². The Labute approximate surface area is 104 Å². The van der Waals surface area contributed by atoms with Crippen molar-refractivity contribution in [3.63, 3.8) is 0 Å². The molecule has 0 amide bonds. The maximum atomic E-state index is 5.96. The molecule has 0 bridgehead atoms. The Balaban J connectivity index is 2.08. The topological polar surface area (TPSA) is 59.9 Å². The van der Waals surface area contributed by atoms with Gasteiger partial charge < -0.3 is 10.1 Å². The molecule has 0 unspecified atom stereocenters. The second-order valence-corrected chi connectivity index (χ2v) is 3.64. The van der Waals surface area contributed by atoms with Crippen LogP contribution in [0.5, 0.6) is 6.01 Å². The minimum absolute atomic E-state index is 0.276. The van der Waals surface area contributed by atoms with Crippen LogP contribution in [-0.4, -0.2) is 22.1 Å². The lowest BCUT2D eigenvalue weighted by Gasteiger charge is -2.07. The molecular formula is C11H11ClN4O. The summed E-state index contributed by atoms with van der Waals surface area (Å²) in [4.78, 5) is 12.2. The summed E-state index contributed by atoms with van der Waals surface area (Å²) in [5.74, 6) is 0.532. The SMILES string of the molecule is COc1ncc(Cl)c(NCc2ccccn2)n1. The maximum Gasteiger partial charge on any atom is 0.318 e. The first-order valence-electron chi connectivity index (χ1n) is 5.00. The molecule has 0 radical (unpaired) electrons. The fourth-order valence-corrected chi connectivity index (χ4v) is 1.41. The zero-order valence-electron chi connectivity index (χ0n) is 9.22. The number of halogens is 1. The summed E-state index contributed by atoms with van der Waals surface area (Å²) >= 11 is 5.96. The van der Waals surface area contributed by atoms with Gasteiger partial charge in [-0.25, -0.2) is 4.98 Å². The number of anilines is 1. The van der Waals surface area contributed by atoms with Crippen LogP contribution in [0.15, 0.2) is 30.6 Å². The molecule has 0 fully saturated rings. The summed E-state index contributed by atoms with van der Waals surface area (Å²) in [6.45, 7) is 0.542. The minimum atomic E-state index is 0.276. The molecule has 0 aliphatic heterocycles. The van der Waals surface area contributed by atoms with E-state index in [1.165, 1.54) is 13.3 Å². The molecule has 5 nitrogen and oxygen atoms in total. The van der Waals surface area contributed by atoms with Gasteiger partial charge in [-0.3, -0.25) is 4.98 Å². The smallest absolute Gasteiger partial charge is 0.318 e. The zero-order valence-corrected chi connectivity index (χ0v) is 9.98. The first kappa shape index (κ1) is 11.6. The third kappa shape index (κ3) is 3.04. The molecule has 2 rings (SSSR count). The molecular weight excluding hydrogens is 240 g/mol. The predicted octanol–water partition coefficient (Wildman–Crippen LogP) is 2.15. The highest BCUT2D eigenvalue weighted by Gasteiger charge is 2.05. The van der Waals surface area contributed by atoms with E-state index in [-0.39, 0.29) is 6.01 Å². The molecule has 0 spiro atoms. The standard InChI is InChI=1S/C11H11ClN4O/c1-17-11-15-7-9(12)10(16-11)14-6-8-4-2-3-5-13-8/h2-5,7H,6H2,1H3,(H,14,15,16). The van der Waals surface area contributed by atoms with Crippen LogP contribution < -0.4 is 10.1 Å². The van der Waals surface area contributed by atoms with Crippen LogP contribution in [0.25, 0.3) is 0 Å². The van der Waals surface area contributed by atoms with Crippen molar-refractivity contribution in [2.45, 2.75) is 6.54 Å². The van der Waals surface area contributed by atoms with Gasteiger partial charge in [-0.2, -0.15) is 4.98 Å². The van der Waals surface area contributed by atoms with Crippen molar-refractivity contribution in [2.75, 3.05) is 12.4 Å². The monoisotopic (exact) mass is 250 g/mol. The number of hydrogen-bond donors (Lipinski definition) is 1. The third-order valence-corrected chi connectivity index (χ3v) is 2.34. The Morgan fingerprint density at radius 3 is 2.94 bits per heavy atom. The number of ether oxygens (including phenoxy) is 1. The fraction of sp³-hybridized carbons (Fsp3) is 0.182. The second kappa shape index (κ2) is 5.45. The highest BCUT2D eigenvalue weighted by atomic mass is 35.5. The largest absolute Gasteiger partial charge is 0.467 e. The lowest BCUT2D eigenvalue weighted by atomic mass is 10.3. The minimum Gasteiger partial charge on any atom is -0.467 e. The maximum absolute atomic E-state index is 5.96. The highest BCUT2D eigenvalue weighted by Crippen LogP contribution is 2.20. The van der Waals surface area contributed by atoms with Gasteiger partial charge in [-0.1, -0.05) is 17.7 Å². The normalized spacial score (nSPS) is 10.0. The Morgan fingerprint density at radius 1 is 1.35 bits per heavy atom. The van der Waals surface area contributed by atoms with Gasteiger partial charge in [0, 0.05) is 6.20 Å². The van der Waals surface area contributed by atoms with E-state index in [1.807, 2.05) is 18.2 Å². The van der Waals surface area contributed by atoms with Crippen LogP contribution >= 0.6 is 11.6 Å². The molecule has 2 aromatic heterocycles. The molecule has 17 heavy (non-hydrogen) atoms. The van der Waals surface area contributed by atoms with Gasteiger partial charge in [-0.15, -0.1) is 0 Å². The first-order chi connectivity index (χ1) is 8.29. The van der Waals surface area contributed by atoms with Crippen molar-refractivity contribution in [3.8, 4) is 6.01 Å². The van der Waals surface area contributed by atoms with Gasteiger partial charge >= 0.3 is 6.01 Å². The van der Waals surface area contributed by atoms with Crippen molar-refractivity contribution in [1.29, 1.82) is 0 Å².